The lowest BCUT2D eigenvalue weighted by Gasteiger charge is -2.52. The highest BCUT2D eigenvalue weighted by molar-refractivity contribution is 5.90. The summed E-state index contributed by atoms with van der Waals surface area (Å²) in [6, 6.07) is 5.41. The number of hydrogen-bond donors (Lipinski definition) is 1. The minimum Gasteiger partial charge on any atom is -0.346 e. The van der Waals surface area contributed by atoms with E-state index in [1.54, 1.807) is 6.33 Å². The van der Waals surface area contributed by atoms with Gasteiger partial charge in [-0.2, -0.15) is 10.4 Å². The molecule has 1 atom stereocenters. The molecule has 10 heteroatoms. The molecule has 36 heavy (non-hydrogen) atoms. The molecule has 10 nitrogen and oxygen atoms in total. The summed E-state index contributed by atoms with van der Waals surface area (Å²) in [6.07, 6.45) is 12.8. The first-order chi connectivity index (χ1) is 17.6. The van der Waals surface area contributed by atoms with E-state index in [2.05, 4.69) is 42.8 Å². The Labute approximate surface area is 210 Å². The van der Waals surface area contributed by atoms with Crippen LogP contribution in [-0.2, 0) is 5.54 Å². The topological polar surface area (TPSA) is 110 Å². The molecule has 0 unspecified atom stereocenters. The molecule has 1 saturated carbocycles. The molecular weight excluding hydrogens is 454 g/mol. The maximum Gasteiger partial charge on any atom is 0.320 e. The predicted molar refractivity (Wildman–Crippen MR) is 135 cm³/mol. The van der Waals surface area contributed by atoms with E-state index in [0.29, 0.717) is 18.5 Å². The fraction of sp³-hybridized carbons (Fsp3) is 0.577. The fourth-order valence-electron chi connectivity index (χ4n) is 6.41. The minimum absolute atomic E-state index is 0.219. The summed E-state index contributed by atoms with van der Waals surface area (Å²) in [5, 5.41) is 15.3. The zero-order valence-corrected chi connectivity index (χ0v) is 20.8. The lowest BCUT2D eigenvalue weighted by molar-refractivity contribution is -0.0149. The van der Waals surface area contributed by atoms with Crippen molar-refractivity contribution in [3.8, 4) is 17.3 Å². The van der Waals surface area contributed by atoms with Crippen LogP contribution in [0.4, 0.5) is 4.79 Å². The Hall–Kier alpha value is -3.45. The second-order valence-corrected chi connectivity index (χ2v) is 10.5. The van der Waals surface area contributed by atoms with Gasteiger partial charge in [-0.15, -0.1) is 0 Å². The molecule has 0 aromatic carbocycles. The van der Waals surface area contributed by atoms with Gasteiger partial charge >= 0.3 is 6.03 Å². The number of nitriles is 1. The number of rotatable bonds is 5. The summed E-state index contributed by atoms with van der Waals surface area (Å²) < 4.78 is 1.99. The number of hydrogen-bond acceptors (Lipinski definition) is 6. The van der Waals surface area contributed by atoms with Crippen LogP contribution in [-0.4, -0.2) is 90.3 Å². The van der Waals surface area contributed by atoms with Crippen LogP contribution >= 0.6 is 0 Å². The van der Waals surface area contributed by atoms with Crippen molar-refractivity contribution in [1.82, 2.24) is 39.4 Å². The number of aromatic nitrogens is 5. The number of urea groups is 1. The number of nitrogens with one attached hydrogen (secondary N) is 1. The van der Waals surface area contributed by atoms with Gasteiger partial charge in [-0.25, -0.2) is 14.8 Å². The van der Waals surface area contributed by atoms with Crippen molar-refractivity contribution in [3.05, 3.63) is 31.0 Å². The third kappa shape index (κ3) is 3.82. The van der Waals surface area contributed by atoms with Crippen LogP contribution in [0.25, 0.3) is 22.3 Å². The van der Waals surface area contributed by atoms with E-state index in [0.717, 1.165) is 87.1 Å². The van der Waals surface area contributed by atoms with Crippen molar-refractivity contribution >= 4 is 17.1 Å². The maximum absolute atomic E-state index is 13.1. The molecule has 3 aromatic heterocycles. The van der Waals surface area contributed by atoms with Gasteiger partial charge in [0.25, 0.3) is 0 Å². The Kier molecular flexibility index (Phi) is 5.88. The molecular formula is C26H33N9O. The number of aromatic amines is 1. The highest BCUT2D eigenvalue weighted by Crippen LogP contribution is 2.45. The molecule has 3 aliphatic rings. The largest absolute Gasteiger partial charge is 0.346 e. The van der Waals surface area contributed by atoms with E-state index in [-0.39, 0.29) is 11.6 Å². The van der Waals surface area contributed by atoms with Gasteiger partial charge in [0.05, 0.1) is 29.9 Å². The third-order valence-corrected chi connectivity index (χ3v) is 8.53. The van der Waals surface area contributed by atoms with Gasteiger partial charge in [-0.3, -0.25) is 9.58 Å². The van der Waals surface area contributed by atoms with Gasteiger partial charge < -0.3 is 14.8 Å². The Morgan fingerprint density at radius 1 is 1.22 bits per heavy atom. The van der Waals surface area contributed by atoms with E-state index in [4.69, 9.17) is 0 Å². The number of amides is 2. The number of fused-ring (bicyclic) bond motifs is 1. The first-order valence-electron chi connectivity index (χ1n) is 13.1. The molecule has 0 radical (unpaired) electrons. The van der Waals surface area contributed by atoms with Crippen molar-refractivity contribution in [1.29, 1.82) is 5.26 Å². The zero-order chi connectivity index (χ0) is 24.7. The summed E-state index contributed by atoms with van der Waals surface area (Å²) in [6.45, 7) is 6.41. The molecule has 2 aliphatic heterocycles. The Bertz CT molecular complexity index is 1280. The van der Waals surface area contributed by atoms with Crippen molar-refractivity contribution in [2.24, 2.45) is 0 Å². The van der Waals surface area contributed by atoms with Crippen LogP contribution in [0, 0.1) is 11.3 Å². The lowest BCUT2D eigenvalue weighted by Crippen LogP contribution is -2.61. The molecule has 2 amide bonds. The average Bonchev–Trinajstić information content (AvgIpc) is 3.65. The van der Waals surface area contributed by atoms with E-state index < -0.39 is 0 Å². The molecule has 1 aliphatic carbocycles. The third-order valence-electron chi connectivity index (χ3n) is 8.53. The number of H-pyrrole nitrogens is 1. The van der Waals surface area contributed by atoms with Crippen molar-refractivity contribution < 1.29 is 4.79 Å². The van der Waals surface area contributed by atoms with Gasteiger partial charge in [-0.1, -0.05) is 6.92 Å². The van der Waals surface area contributed by atoms with E-state index in [9.17, 15) is 10.1 Å². The Morgan fingerprint density at radius 2 is 2.06 bits per heavy atom. The molecule has 0 bridgehead atoms. The molecule has 1 N–H and O–H groups in total. The van der Waals surface area contributed by atoms with Crippen molar-refractivity contribution in [3.63, 3.8) is 0 Å². The number of nitrogens with zero attached hydrogens (tertiary/aromatic N) is 8. The second kappa shape index (κ2) is 9.21. The van der Waals surface area contributed by atoms with E-state index in [1.165, 1.54) is 0 Å². The fourth-order valence-corrected chi connectivity index (χ4v) is 6.41. The van der Waals surface area contributed by atoms with E-state index >= 15 is 0 Å². The summed E-state index contributed by atoms with van der Waals surface area (Å²) in [4.78, 5) is 31.6. The summed E-state index contributed by atoms with van der Waals surface area (Å²) in [7, 11) is 0. The number of carbonyl (C=O) groups excluding carboxylic acids is 1. The minimum atomic E-state index is -0.293. The molecule has 2 saturated heterocycles. The summed E-state index contributed by atoms with van der Waals surface area (Å²) >= 11 is 0. The summed E-state index contributed by atoms with van der Waals surface area (Å²) in [5.41, 5.74) is 2.29. The van der Waals surface area contributed by atoms with Crippen molar-refractivity contribution in [2.45, 2.75) is 63.1 Å². The molecule has 3 fully saturated rings. The summed E-state index contributed by atoms with van der Waals surface area (Å²) in [5.74, 6) is 0. The normalized spacial score (nSPS) is 26.8. The van der Waals surface area contributed by atoms with Crippen LogP contribution in [0.1, 0.15) is 45.4 Å². The molecule has 3 aromatic rings. The van der Waals surface area contributed by atoms with Gasteiger partial charge in [0.15, 0.2) is 0 Å². The maximum atomic E-state index is 13.1. The molecule has 6 rings (SSSR count). The second-order valence-electron chi connectivity index (χ2n) is 10.5. The van der Waals surface area contributed by atoms with Crippen LogP contribution in [0.3, 0.4) is 0 Å². The van der Waals surface area contributed by atoms with Crippen LogP contribution in [0.2, 0.25) is 0 Å². The molecule has 5 heterocycles. The Morgan fingerprint density at radius 3 is 2.83 bits per heavy atom. The average molecular weight is 488 g/mol. The van der Waals surface area contributed by atoms with Gasteiger partial charge in [0.2, 0.25) is 0 Å². The van der Waals surface area contributed by atoms with Crippen LogP contribution in [0.5, 0.6) is 0 Å². The Balaban J connectivity index is 1.11. The number of piperazine rings is 1. The van der Waals surface area contributed by atoms with Crippen LogP contribution in [0.15, 0.2) is 31.0 Å². The zero-order valence-electron chi connectivity index (χ0n) is 20.8. The van der Waals surface area contributed by atoms with Gasteiger partial charge in [-0.05, 0) is 38.2 Å². The van der Waals surface area contributed by atoms with Gasteiger partial charge in [0, 0.05) is 68.2 Å². The molecule has 0 spiro atoms. The highest BCUT2D eigenvalue weighted by atomic mass is 16.2. The first kappa shape index (κ1) is 23.0. The number of carbonyl (C=O) groups is 1. The highest BCUT2D eigenvalue weighted by Gasteiger charge is 2.49. The smallest absolute Gasteiger partial charge is 0.320 e. The van der Waals surface area contributed by atoms with Crippen LogP contribution < -0.4 is 0 Å². The quantitative estimate of drug-likeness (QED) is 0.592. The number of likely N-dealkylation sites (tertiary alicyclic amines) is 1. The molecule has 188 valence electrons. The monoisotopic (exact) mass is 487 g/mol. The SMILES string of the molecule is CC[C@H]1CCCN1C(=O)N1CCN([C@H]2C[C@@](CC#N)(n3cc(-c4ncnc5[nH]ccc45)cn3)C2)CC1. The standard InChI is InChI=1S/C26H33N9O/c1-2-20-4-3-9-34(20)25(36)33-12-10-32(11-13-33)21-14-26(15-21,6-7-27)35-17-19(16-31-35)23-22-5-8-28-24(22)30-18-29-23/h5,8,16-18,20-21H,2-4,6,9-15H2,1H3,(H,28,29,30)/t20-,21-,26+/m0/s1. The van der Waals surface area contributed by atoms with Crippen molar-refractivity contribution in [2.75, 3.05) is 32.7 Å². The van der Waals surface area contributed by atoms with E-state index in [1.807, 2.05) is 34.2 Å². The predicted octanol–water partition coefficient (Wildman–Crippen LogP) is 3.20. The van der Waals surface area contributed by atoms with Gasteiger partial charge in [0.1, 0.15) is 12.0 Å². The first-order valence-corrected chi connectivity index (χ1v) is 13.1. The lowest BCUT2D eigenvalue weighted by atomic mass is 9.70.